The molecule has 0 spiro atoms. The van der Waals surface area contributed by atoms with Gasteiger partial charge in [-0.15, -0.1) is 0 Å². The van der Waals surface area contributed by atoms with Crippen LogP contribution in [0.2, 0.25) is 0 Å². The van der Waals surface area contributed by atoms with Crippen LogP contribution in [0.5, 0.6) is 0 Å². The standard InChI is InChI=1S/C15H14N2O6/c18-12(23-9-4-1-2-5-9)8-16-14(19)10-6-3-7-11(17(21)22)13(10)15(16)20/h3,6-7,9H,1-2,4-5,8H2. The van der Waals surface area contributed by atoms with Gasteiger partial charge in [-0.3, -0.25) is 29.4 Å². The van der Waals surface area contributed by atoms with Gasteiger partial charge in [-0.1, -0.05) is 6.07 Å². The van der Waals surface area contributed by atoms with Gasteiger partial charge in [0.25, 0.3) is 17.5 Å². The van der Waals surface area contributed by atoms with Crippen LogP contribution in [0.15, 0.2) is 18.2 Å². The molecule has 0 aromatic heterocycles. The van der Waals surface area contributed by atoms with E-state index in [4.69, 9.17) is 4.74 Å². The maximum Gasteiger partial charge on any atom is 0.326 e. The molecule has 1 aromatic rings. The van der Waals surface area contributed by atoms with Crippen molar-refractivity contribution in [2.24, 2.45) is 0 Å². The molecule has 1 heterocycles. The summed E-state index contributed by atoms with van der Waals surface area (Å²) in [5, 5.41) is 11.0. The molecule has 2 amide bonds. The summed E-state index contributed by atoms with van der Waals surface area (Å²) in [6.07, 6.45) is 3.35. The van der Waals surface area contributed by atoms with Gasteiger partial charge in [0.15, 0.2) is 0 Å². The quantitative estimate of drug-likeness (QED) is 0.362. The number of hydrogen-bond acceptors (Lipinski definition) is 6. The van der Waals surface area contributed by atoms with E-state index in [1.807, 2.05) is 0 Å². The maximum atomic E-state index is 12.3. The summed E-state index contributed by atoms with van der Waals surface area (Å²) < 4.78 is 5.23. The monoisotopic (exact) mass is 318 g/mol. The molecule has 2 aliphatic rings. The average molecular weight is 318 g/mol. The van der Waals surface area contributed by atoms with Crippen LogP contribution in [0.1, 0.15) is 46.4 Å². The predicted octanol–water partition coefficient (Wildman–Crippen LogP) is 1.68. The number of ether oxygens (including phenoxy) is 1. The van der Waals surface area contributed by atoms with Gasteiger partial charge in [0, 0.05) is 6.07 Å². The molecule has 1 aromatic carbocycles. The Kier molecular flexibility index (Phi) is 3.81. The Balaban J connectivity index is 1.79. The van der Waals surface area contributed by atoms with Gasteiger partial charge >= 0.3 is 5.97 Å². The van der Waals surface area contributed by atoms with Crippen LogP contribution in [0.4, 0.5) is 5.69 Å². The summed E-state index contributed by atoms with van der Waals surface area (Å²) in [4.78, 5) is 47.4. The van der Waals surface area contributed by atoms with Crippen molar-refractivity contribution in [3.05, 3.63) is 39.4 Å². The molecule has 23 heavy (non-hydrogen) atoms. The van der Waals surface area contributed by atoms with Crippen LogP contribution in [0.25, 0.3) is 0 Å². The molecule has 0 bridgehead atoms. The average Bonchev–Trinajstić information content (AvgIpc) is 3.10. The lowest BCUT2D eigenvalue weighted by molar-refractivity contribution is -0.385. The van der Waals surface area contributed by atoms with Crippen molar-refractivity contribution in [2.75, 3.05) is 6.54 Å². The van der Waals surface area contributed by atoms with E-state index in [1.165, 1.54) is 12.1 Å². The molecular weight excluding hydrogens is 304 g/mol. The van der Waals surface area contributed by atoms with Crippen molar-refractivity contribution in [1.29, 1.82) is 0 Å². The van der Waals surface area contributed by atoms with Crippen LogP contribution in [0.3, 0.4) is 0 Å². The smallest absolute Gasteiger partial charge is 0.326 e. The van der Waals surface area contributed by atoms with Crippen molar-refractivity contribution in [3.8, 4) is 0 Å². The number of esters is 1. The van der Waals surface area contributed by atoms with Gasteiger partial charge in [-0.05, 0) is 31.7 Å². The third-order valence-electron chi connectivity index (χ3n) is 4.06. The zero-order valence-electron chi connectivity index (χ0n) is 12.2. The topological polar surface area (TPSA) is 107 Å². The third kappa shape index (κ3) is 2.67. The van der Waals surface area contributed by atoms with Crippen LogP contribution in [0, 0.1) is 10.1 Å². The fourth-order valence-corrected chi connectivity index (χ4v) is 2.97. The Hall–Kier alpha value is -2.77. The largest absolute Gasteiger partial charge is 0.461 e. The predicted molar refractivity (Wildman–Crippen MR) is 76.8 cm³/mol. The van der Waals surface area contributed by atoms with Crippen molar-refractivity contribution in [2.45, 2.75) is 31.8 Å². The van der Waals surface area contributed by atoms with Crippen molar-refractivity contribution in [3.63, 3.8) is 0 Å². The zero-order valence-corrected chi connectivity index (χ0v) is 12.2. The number of fused-ring (bicyclic) bond motifs is 1. The van der Waals surface area contributed by atoms with Gasteiger partial charge in [-0.2, -0.15) is 0 Å². The Morgan fingerprint density at radius 2 is 1.96 bits per heavy atom. The molecule has 0 saturated heterocycles. The fourth-order valence-electron chi connectivity index (χ4n) is 2.97. The lowest BCUT2D eigenvalue weighted by Crippen LogP contribution is -2.36. The second-order valence-corrected chi connectivity index (χ2v) is 5.55. The molecule has 120 valence electrons. The highest BCUT2D eigenvalue weighted by Gasteiger charge is 2.42. The molecule has 8 heteroatoms. The molecule has 0 unspecified atom stereocenters. The van der Waals surface area contributed by atoms with E-state index in [2.05, 4.69) is 0 Å². The molecule has 0 N–H and O–H groups in total. The number of hydrogen-bond donors (Lipinski definition) is 0. The molecular formula is C15H14N2O6. The Morgan fingerprint density at radius 3 is 2.61 bits per heavy atom. The summed E-state index contributed by atoms with van der Waals surface area (Å²) in [5.74, 6) is -2.22. The number of amides is 2. The minimum Gasteiger partial charge on any atom is -0.461 e. The van der Waals surface area contributed by atoms with E-state index < -0.39 is 34.9 Å². The lowest BCUT2D eigenvalue weighted by atomic mass is 10.1. The number of rotatable bonds is 4. The van der Waals surface area contributed by atoms with E-state index in [9.17, 15) is 24.5 Å². The van der Waals surface area contributed by atoms with Gasteiger partial charge in [0.05, 0.1) is 10.5 Å². The number of benzene rings is 1. The third-order valence-corrected chi connectivity index (χ3v) is 4.06. The molecule has 1 aliphatic carbocycles. The number of nitro groups is 1. The highest BCUT2D eigenvalue weighted by atomic mass is 16.6. The Bertz CT molecular complexity index is 708. The molecule has 3 rings (SSSR count). The highest BCUT2D eigenvalue weighted by molar-refractivity contribution is 6.24. The van der Waals surface area contributed by atoms with Gasteiger partial charge in [-0.25, -0.2) is 0 Å². The normalized spacial score (nSPS) is 17.5. The first-order chi connectivity index (χ1) is 11.0. The molecule has 1 aliphatic heterocycles. The number of nitrogens with zero attached hydrogens (tertiary/aromatic N) is 2. The van der Waals surface area contributed by atoms with Gasteiger partial charge in [0.1, 0.15) is 18.2 Å². The first-order valence-electron chi connectivity index (χ1n) is 7.32. The SMILES string of the molecule is O=C(CN1C(=O)c2cccc([N+](=O)[O-])c2C1=O)OC1CCCC1. The minimum atomic E-state index is -0.833. The van der Waals surface area contributed by atoms with E-state index in [0.29, 0.717) is 4.90 Å². The second kappa shape index (κ2) is 5.79. The lowest BCUT2D eigenvalue weighted by Gasteiger charge is -2.15. The molecule has 8 nitrogen and oxygen atoms in total. The molecule has 0 atom stereocenters. The summed E-state index contributed by atoms with van der Waals surface area (Å²) in [6, 6.07) is 3.83. The van der Waals surface area contributed by atoms with E-state index in [-0.39, 0.29) is 17.2 Å². The van der Waals surface area contributed by atoms with E-state index in [0.717, 1.165) is 31.7 Å². The Morgan fingerprint density at radius 1 is 1.26 bits per heavy atom. The number of imide groups is 1. The van der Waals surface area contributed by atoms with Crippen LogP contribution < -0.4 is 0 Å². The van der Waals surface area contributed by atoms with Crippen molar-refractivity contribution >= 4 is 23.5 Å². The molecule has 0 radical (unpaired) electrons. The fraction of sp³-hybridized carbons (Fsp3) is 0.400. The van der Waals surface area contributed by atoms with E-state index >= 15 is 0 Å². The van der Waals surface area contributed by atoms with Crippen LogP contribution in [-0.4, -0.2) is 40.3 Å². The maximum absolute atomic E-state index is 12.3. The number of carbonyl (C=O) groups excluding carboxylic acids is 3. The minimum absolute atomic E-state index is 0.0575. The summed E-state index contributed by atoms with van der Waals surface area (Å²) in [6.45, 7) is -0.528. The summed E-state index contributed by atoms with van der Waals surface area (Å²) >= 11 is 0. The number of carbonyl (C=O) groups is 3. The van der Waals surface area contributed by atoms with Crippen molar-refractivity contribution < 1.29 is 24.0 Å². The first-order valence-corrected chi connectivity index (χ1v) is 7.32. The summed E-state index contributed by atoms with van der Waals surface area (Å²) in [5.41, 5.74) is -0.762. The van der Waals surface area contributed by atoms with Crippen molar-refractivity contribution in [1.82, 2.24) is 4.90 Å². The summed E-state index contributed by atoms with van der Waals surface area (Å²) in [7, 11) is 0. The zero-order chi connectivity index (χ0) is 16.6. The van der Waals surface area contributed by atoms with Crippen LogP contribution in [-0.2, 0) is 9.53 Å². The second-order valence-electron chi connectivity index (χ2n) is 5.55. The molecule has 1 fully saturated rings. The molecule has 1 saturated carbocycles. The van der Waals surface area contributed by atoms with Gasteiger partial charge < -0.3 is 4.74 Å². The Labute approximate surface area is 131 Å². The van der Waals surface area contributed by atoms with E-state index in [1.54, 1.807) is 0 Å². The first kappa shape index (κ1) is 15.1. The highest BCUT2D eigenvalue weighted by Crippen LogP contribution is 2.30. The van der Waals surface area contributed by atoms with Crippen LogP contribution >= 0.6 is 0 Å². The van der Waals surface area contributed by atoms with Gasteiger partial charge in [0.2, 0.25) is 0 Å². The number of nitro benzene ring substituents is 1.